The van der Waals surface area contributed by atoms with E-state index in [1.54, 1.807) is 11.6 Å². The Hall–Kier alpha value is -4.22. The van der Waals surface area contributed by atoms with Crippen molar-refractivity contribution in [2.75, 3.05) is 0 Å². The highest BCUT2D eigenvalue weighted by Gasteiger charge is 2.21. The average molecular weight is 454 g/mol. The molecule has 0 spiro atoms. The maximum Gasteiger partial charge on any atom is 0.348 e. The molecular weight excluding hydrogens is 434 g/mol. The quantitative estimate of drug-likeness (QED) is 0.345. The Kier molecular flexibility index (Phi) is 5.24. The molecule has 0 unspecified atom stereocenters. The lowest BCUT2D eigenvalue weighted by Crippen LogP contribution is -2.09. The molecule has 0 aliphatic carbocycles. The van der Waals surface area contributed by atoms with Crippen molar-refractivity contribution in [1.82, 2.24) is 19.6 Å². The molecule has 0 aliphatic rings. The van der Waals surface area contributed by atoms with Crippen LogP contribution in [0, 0.1) is 25.2 Å². The van der Waals surface area contributed by atoms with Crippen LogP contribution < -0.4 is 0 Å². The number of benzene rings is 2. The van der Waals surface area contributed by atoms with E-state index in [0.29, 0.717) is 21.8 Å². The van der Waals surface area contributed by atoms with Gasteiger partial charge >= 0.3 is 5.97 Å². The largest absolute Gasteiger partial charge is 0.455 e. The van der Waals surface area contributed by atoms with Crippen molar-refractivity contribution in [2.45, 2.75) is 20.5 Å². The van der Waals surface area contributed by atoms with E-state index in [1.165, 1.54) is 11.3 Å². The summed E-state index contributed by atoms with van der Waals surface area (Å²) >= 11 is 1.34. The number of rotatable bonds is 5. The highest BCUT2D eigenvalue weighted by atomic mass is 32.1. The van der Waals surface area contributed by atoms with Gasteiger partial charge in [-0.05, 0) is 44.2 Å². The molecule has 0 aliphatic heterocycles. The number of esters is 1. The number of ether oxygens (including phenoxy) is 1. The molecule has 0 saturated heterocycles. The van der Waals surface area contributed by atoms with Gasteiger partial charge in [0.2, 0.25) is 0 Å². The van der Waals surface area contributed by atoms with Gasteiger partial charge in [-0.2, -0.15) is 15.5 Å². The molecule has 5 aromatic rings. The van der Waals surface area contributed by atoms with Crippen LogP contribution in [0.2, 0.25) is 0 Å². The Morgan fingerprint density at radius 2 is 1.58 bits per heavy atom. The van der Waals surface area contributed by atoms with Gasteiger partial charge in [0, 0.05) is 5.39 Å². The van der Waals surface area contributed by atoms with Crippen LogP contribution >= 0.6 is 11.3 Å². The zero-order valence-corrected chi connectivity index (χ0v) is 18.8. The molecule has 0 fully saturated rings. The second kappa shape index (κ2) is 8.37. The monoisotopic (exact) mass is 453 g/mol. The van der Waals surface area contributed by atoms with Crippen molar-refractivity contribution in [3.8, 4) is 17.4 Å². The van der Waals surface area contributed by atoms with Gasteiger partial charge in [-0.15, -0.1) is 11.3 Å². The van der Waals surface area contributed by atoms with E-state index in [2.05, 4.69) is 16.3 Å². The Morgan fingerprint density at radius 3 is 2.21 bits per heavy atom. The maximum atomic E-state index is 12.9. The van der Waals surface area contributed by atoms with Gasteiger partial charge in [-0.3, -0.25) is 0 Å². The number of hydrogen-bond donors (Lipinski definition) is 0. The topological polar surface area (TPSA) is 85.7 Å². The second-order valence-electron chi connectivity index (χ2n) is 7.50. The first-order chi connectivity index (χ1) is 16.1. The Morgan fingerprint density at radius 1 is 0.970 bits per heavy atom. The summed E-state index contributed by atoms with van der Waals surface area (Å²) in [4.78, 5) is 14.3. The smallest absolute Gasteiger partial charge is 0.348 e. The zero-order chi connectivity index (χ0) is 22.9. The molecule has 0 bridgehead atoms. The molecule has 162 valence electrons. The summed E-state index contributed by atoms with van der Waals surface area (Å²) in [6, 6.07) is 23.3. The normalized spacial score (nSPS) is 10.9. The summed E-state index contributed by atoms with van der Waals surface area (Å²) in [7, 11) is 0. The fourth-order valence-electron chi connectivity index (χ4n) is 3.73. The van der Waals surface area contributed by atoms with Gasteiger partial charge in [0.05, 0.1) is 28.5 Å². The molecular formula is C25H19N5O2S. The van der Waals surface area contributed by atoms with Crippen molar-refractivity contribution in [3.05, 3.63) is 94.3 Å². The molecule has 3 aromatic heterocycles. The van der Waals surface area contributed by atoms with Crippen LogP contribution in [0.1, 0.15) is 32.3 Å². The van der Waals surface area contributed by atoms with Gasteiger partial charge in [0.1, 0.15) is 27.9 Å². The highest BCUT2D eigenvalue weighted by Crippen LogP contribution is 2.31. The number of para-hydroxylation sites is 2. The van der Waals surface area contributed by atoms with Gasteiger partial charge in [0.15, 0.2) is 0 Å². The minimum Gasteiger partial charge on any atom is -0.455 e. The highest BCUT2D eigenvalue weighted by molar-refractivity contribution is 7.20. The van der Waals surface area contributed by atoms with Crippen LogP contribution in [0.3, 0.4) is 0 Å². The van der Waals surface area contributed by atoms with Crippen LogP contribution in [0.5, 0.6) is 0 Å². The van der Waals surface area contributed by atoms with Crippen molar-refractivity contribution >= 4 is 27.5 Å². The molecule has 8 heteroatoms. The Bertz CT molecular complexity index is 1510. The zero-order valence-electron chi connectivity index (χ0n) is 18.0. The maximum absolute atomic E-state index is 12.9. The molecule has 0 atom stereocenters. The number of nitriles is 1. The number of thiophene rings is 1. The first-order valence-electron chi connectivity index (χ1n) is 10.3. The fraction of sp³-hybridized carbons (Fsp3) is 0.120. The van der Waals surface area contributed by atoms with E-state index < -0.39 is 5.97 Å². The van der Waals surface area contributed by atoms with Crippen molar-refractivity contribution in [3.63, 3.8) is 0 Å². The van der Waals surface area contributed by atoms with Gasteiger partial charge < -0.3 is 4.74 Å². The molecule has 33 heavy (non-hydrogen) atoms. The summed E-state index contributed by atoms with van der Waals surface area (Å²) in [5, 5.41) is 19.6. The van der Waals surface area contributed by atoms with E-state index >= 15 is 0 Å². The fourth-order valence-corrected chi connectivity index (χ4v) is 4.81. The van der Waals surface area contributed by atoms with E-state index in [9.17, 15) is 10.1 Å². The molecule has 5 rings (SSSR count). The number of carbonyl (C=O) groups is 1. The summed E-state index contributed by atoms with van der Waals surface area (Å²) in [5.74, 6) is -0.447. The van der Waals surface area contributed by atoms with E-state index in [-0.39, 0.29) is 6.61 Å². The molecule has 0 saturated carbocycles. The van der Waals surface area contributed by atoms with Crippen molar-refractivity contribution in [1.29, 1.82) is 5.26 Å². The third kappa shape index (κ3) is 3.69. The summed E-state index contributed by atoms with van der Waals surface area (Å²) in [6.45, 7) is 3.63. The Balaban J connectivity index is 1.44. The minimum absolute atomic E-state index is 0.0600. The average Bonchev–Trinajstić information content (AvgIpc) is 3.51. The van der Waals surface area contributed by atoms with E-state index in [0.717, 1.165) is 27.3 Å². The molecule has 0 radical (unpaired) electrons. The summed E-state index contributed by atoms with van der Waals surface area (Å²) < 4.78 is 9.14. The third-order valence-corrected chi connectivity index (χ3v) is 6.45. The SMILES string of the molecule is Cc1nn(-c2ccccc2)c(COC(=O)c2cc3c(C)nn(-c4ccccc4)c3s2)c1C#N. The van der Waals surface area contributed by atoms with Crippen molar-refractivity contribution < 1.29 is 9.53 Å². The summed E-state index contributed by atoms with van der Waals surface area (Å²) in [6.07, 6.45) is 0. The molecule has 0 N–H and O–H groups in total. The predicted molar refractivity (Wildman–Crippen MR) is 126 cm³/mol. The Labute approximate surface area is 194 Å². The van der Waals surface area contributed by atoms with Crippen LogP contribution in [-0.4, -0.2) is 25.5 Å². The van der Waals surface area contributed by atoms with Crippen LogP contribution in [0.4, 0.5) is 0 Å². The minimum atomic E-state index is -0.447. The van der Waals surface area contributed by atoms with Crippen LogP contribution in [-0.2, 0) is 11.3 Å². The number of nitrogens with zero attached hydrogens (tertiary/aromatic N) is 5. The van der Waals surface area contributed by atoms with Gasteiger partial charge in [0.25, 0.3) is 0 Å². The molecule has 3 heterocycles. The first-order valence-corrected chi connectivity index (χ1v) is 11.1. The molecule has 0 amide bonds. The molecule has 2 aromatic carbocycles. The summed E-state index contributed by atoms with van der Waals surface area (Å²) in [5.41, 5.74) is 4.12. The predicted octanol–water partition coefficient (Wildman–Crippen LogP) is 5.12. The van der Waals surface area contributed by atoms with Gasteiger partial charge in [-0.25, -0.2) is 14.2 Å². The lowest BCUT2D eigenvalue weighted by Gasteiger charge is -2.08. The molecule has 7 nitrogen and oxygen atoms in total. The second-order valence-corrected chi connectivity index (χ2v) is 8.54. The van der Waals surface area contributed by atoms with E-state index in [4.69, 9.17) is 4.74 Å². The van der Waals surface area contributed by atoms with Crippen LogP contribution in [0.25, 0.3) is 21.6 Å². The third-order valence-electron chi connectivity index (χ3n) is 5.36. The number of aromatic nitrogens is 4. The van der Waals surface area contributed by atoms with E-state index in [1.807, 2.05) is 78.3 Å². The number of aryl methyl sites for hydroxylation is 2. The lowest BCUT2D eigenvalue weighted by atomic mass is 10.2. The number of hydrogen-bond acceptors (Lipinski definition) is 6. The number of carbonyl (C=O) groups excluding carboxylic acids is 1. The van der Waals surface area contributed by atoms with Crippen LogP contribution in [0.15, 0.2) is 66.7 Å². The first kappa shape index (κ1) is 20.7. The lowest BCUT2D eigenvalue weighted by molar-refractivity contribution is 0.0470. The standard InChI is InChI=1S/C25H19N5O2S/c1-16-20-13-23(33-24(20)30(28-16)19-11-7-4-8-12-19)25(31)32-15-22-21(14-26)17(2)27-29(22)18-9-5-3-6-10-18/h3-13H,15H2,1-2H3. The van der Waals surface area contributed by atoms with Gasteiger partial charge in [-0.1, -0.05) is 36.4 Å². The number of fused-ring (bicyclic) bond motifs is 1. The van der Waals surface area contributed by atoms with Crippen molar-refractivity contribution in [2.24, 2.45) is 0 Å².